The van der Waals surface area contributed by atoms with Crippen molar-refractivity contribution in [3.8, 4) is 11.5 Å². The predicted molar refractivity (Wildman–Crippen MR) is 187 cm³/mol. The molecule has 0 spiro atoms. The lowest BCUT2D eigenvalue weighted by atomic mass is 9.83. The molecule has 0 amide bonds. The Morgan fingerprint density at radius 1 is 0.780 bits per heavy atom. The molecule has 0 unspecified atom stereocenters. The number of aromatic carboxylic acids is 2. The van der Waals surface area contributed by atoms with Crippen LogP contribution in [-0.4, -0.2) is 84.8 Å². The molecule has 262 valence electrons. The first-order valence-electron chi connectivity index (χ1n) is 15.3. The first kappa shape index (κ1) is 35.0. The Hall–Kier alpha value is -4.83. The van der Waals surface area contributed by atoms with Crippen LogP contribution in [0, 0.1) is 0 Å². The lowest BCUT2D eigenvalue weighted by Crippen LogP contribution is -2.47. The van der Waals surface area contributed by atoms with Crippen LogP contribution in [0.4, 0.5) is 5.69 Å². The Labute approximate surface area is 288 Å². The van der Waals surface area contributed by atoms with Gasteiger partial charge in [-0.2, -0.15) is 16.8 Å². The molecule has 0 saturated carbocycles. The molecule has 3 heterocycles. The highest BCUT2D eigenvalue weighted by Crippen LogP contribution is 2.46. The summed E-state index contributed by atoms with van der Waals surface area (Å²) >= 11 is 0. The van der Waals surface area contributed by atoms with Gasteiger partial charge in [-0.05, 0) is 60.9 Å². The largest absolute Gasteiger partial charge is 0.478 e. The summed E-state index contributed by atoms with van der Waals surface area (Å²) in [7, 11) is -5.34. The number of fused-ring (bicyclic) bond motifs is 4. The molecule has 6 rings (SSSR count). The number of ether oxygens (including phenoxy) is 1. The van der Waals surface area contributed by atoms with E-state index in [4.69, 9.17) is 4.74 Å². The number of rotatable bonds is 7. The highest BCUT2D eigenvalue weighted by atomic mass is 32.2. The summed E-state index contributed by atoms with van der Waals surface area (Å²) in [5.74, 6) is -3.58. The smallest absolute Gasteiger partial charge is 0.336 e. The van der Waals surface area contributed by atoms with Crippen molar-refractivity contribution in [1.82, 2.24) is 4.58 Å². The van der Waals surface area contributed by atoms with Gasteiger partial charge in [-0.3, -0.25) is 9.11 Å². The Bertz CT molecular complexity index is 2490. The van der Waals surface area contributed by atoms with E-state index in [9.17, 15) is 45.7 Å². The summed E-state index contributed by atoms with van der Waals surface area (Å²) in [5, 5.41) is 20.9. The molecule has 3 aromatic carbocycles. The molecule has 3 aliphatic heterocycles. The zero-order chi connectivity index (χ0) is 36.9. The molecule has 15 heteroatoms. The normalized spacial score (nSPS) is 17.4. The van der Waals surface area contributed by atoms with Crippen molar-refractivity contribution in [2.24, 2.45) is 0 Å². The summed E-state index contributed by atoms with van der Waals surface area (Å²) in [5.41, 5.74) is 0.786. The zero-order valence-corrected chi connectivity index (χ0v) is 29.6. The van der Waals surface area contributed by atoms with Gasteiger partial charge in [0.15, 0.2) is 5.54 Å². The van der Waals surface area contributed by atoms with Gasteiger partial charge in [0.05, 0.1) is 28.3 Å². The Morgan fingerprint density at radius 3 is 1.98 bits per heavy atom. The van der Waals surface area contributed by atoms with Crippen molar-refractivity contribution in [2.75, 3.05) is 30.5 Å². The van der Waals surface area contributed by atoms with Gasteiger partial charge in [0.2, 0.25) is 5.36 Å². The van der Waals surface area contributed by atoms with E-state index in [0.717, 1.165) is 6.07 Å². The fourth-order valence-electron chi connectivity index (χ4n) is 6.85. The minimum Gasteiger partial charge on any atom is -0.478 e. The molecular formula is C35H35N2O11S2+. The van der Waals surface area contributed by atoms with E-state index in [2.05, 4.69) is 0 Å². The third-order valence-corrected chi connectivity index (χ3v) is 10.9. The Kier molecular flexibility index (Phi) is 7.95. The van der Waals surface area contributed by atoms with Gasteiger partial charge in [-0.1, -0.05) is 12.1 Å². The number of anilines is 1. The van der Waals surface area contributed by atoms with Crippen LogP contribution in [0.15, 0.2) is 54.6 Å². The van der Waals surface area contributed by atoms with Crippen molar-refractivity contribution in [3.05, 3.63) is 98.6 Å². The van der Waals surface area contributed by atoms with E-state index in [1.54, 1.807) is 36.4 Å². The fraction of sp³-hybridized carbons (Fsp3) is 0.286. The van der Waals surface area contributed by atoms with Crippen LogP contribution in [-0.2, 0) is 20.2 Å². The molecule has 50 heavy (non-hydrogen) atoms. The number of carboxylic acids is 2. The zero-order valence-electron chi connectivity index (χ0n) is 28.0. The fourth-order valence-corrected chi connectivity index (χ4v) is 8.11. The highest BCUT2D eigenvalue weighted by Gasteiger charge is 2.37. The number of nitrogens with zero attached hydrogens (tertiary/aromatic N) is 2. The van der Waals surface area contributed by atoms with E-state index < -0.39 is 54.8 Å². The van der Waals surface area contributed by atoms with Crippen molar-refractivity contribution in [1.29, 1.82) is 0 Å². The maximum absolute atomic E-state index is 12.7. The number of benzene rings is 3. The minimum atomic E-state index is -4.49. The van der Waals surface area contributed by atoms with Gasteiger partial charge in [-0.25, -0.2) is 14.2 Å². The monoisotopic (exact) mass is 723 g/mol. The Morgan fingerprint density at radius 2 is 1.40 bits per heavy atom. The van der Waals surface area contributed by atoms with E-state index in [1.807, 2.05) is 51.3 Å². The number of likely N-dealkylation sites (N-methyl/N-ethyl adjacent to an activating group) is 2. The molecule has 0 aliphatic carbocycles. The summed E-state index contributed by atoms with van der Waals surface area (Å²) in [6.07, 6.45) is 3.44. The standard InChI is InChI=1S/C35H34N2O11S2/c1-34(2)14-19(16-49(42,43)44)22-10-25-29(12-27(22)36(34)5)48-30-13-28-23(20(17-50(45,46)47)15-35(3,4)37(28)6)11-26(30)31(25)21-8-7-18(32(38)39)9-24(21)33(40)41/h7-15H,16-17H2,1-6H3,(H3-,38,39,40,41,42,43,44,45,46,47)/p+1. The molecule has 3 aliphatic rings. The molecule has 0 aromatic heterocycles. The second-order valence-corrected chi connectivity index (χ2v) is 16.7. The van der Waals surface area contributed by atoms with Crippen LogP contribution in [0.2, 0.25) is 0 Å². The van der Waals surface area contributed by atoms with Crippen molar-refractivity contribution < 1.29 is 50.5 Å². The third-order valence-electron chi connectivity index (χ3n) is 9.59. The maximum Gasteiger partial charge on any atom is 0.336 e. The maximum atomic E-state index is 12.7. The second kappa shape index (κ2) is 11.3. The summed E-state index contributed by atoms with van der Waals surface area (Å²) in [4.78, 5) is 26.5. The third kappa shape index (κ3) is 6.10. The molecule has 0 radical (unpaired) electrons. The van der Waals surface area contributed by atoms with Gasteiger partial charge in [0.1, 0.15) is 30.1 Å². The number of hydrogen-bond donors (Lipinski definition) is 4. The van der Waals surface area contributed by atoms with E-state index in [1.165, 1.54) is 12.1 Å². The molecule has 0 saturated heterocycles. The van der Waals surface area contributed by atoms with Crippen LogP contribution in [0.1, 0.15) is 70.7 Å². The van der Waals surface area contributed by atoms with Crippen molar-refractivity contribution in [3.63, 3.8) is 0 Å². The second-order valence-electron chi connectivity index (χ2n) is 13.8. The minimum absolute atomic E-state index is 0.114. The highest BCUT2D eigenvalue weighted by molar-refractivity contribution is 7.86. The Balaban J connectivity index is 1.79. The van der Waals surface area contributed by atoms with Crippen LogP contribution in [0.3, 0.4) is 0 Å². The number of carboxylic acid groups (broad SMARTS) is 2. The lowest BCUT2D eigenvalue weighted by Gasteiger charge is -2.41. The van der Waals surface area contributed by atoms with Gasteiger partial charge in [-0.15, -0.1) is 0 Å². The van der Waals surface area contributed by atoms with E-state index >= 15 is 0 Å². The summed E-state index contributed by atoms with van der Waals surface area (Å²) < 4.78 is 76.9. The van der Waals surface area contributed by atoms with Crippen LogP contribution in [0.5, 0.6) is 11.5 Å². The first-order chi connectivity index (χ1) is 23.0. The topological polar surface area (TPSA) is 199 Å². The molecule has 4 N–H and O–H groups in total. The molecule has 0 fully saturated rings. The van der Waals surface area contributed by atoms with Crippen molar-refractivity contribution >= 4 is 54.6 Å². The van der Waals surface area contributed by atoms with E-state index in [-0.39, 0.29) is 28.2 Å². The van der Waals surface area contributed by atoms with Gasteiger partial charge >= 0.3 is 11.9 Å². The molecule has 13 nitrogen and oxygen atoms in total. The SMILES string of the molecule is CN1c2cc3c(cc2C(CS(=O)(=O)O)=CC1(C)C)C(c1ccc(C(=O)O)cc1C(=O)O)=c1cc2c(cc1O3)=[N+](C)C(C)(C)C=C2CS(=O)(=O)O. The molecule has 0 bridgehead atoms. The van der Waals surface area contributed by atoms with Gasteiger partial charge in [0.25, 0.3) is 20.2 Å². The summed E-state index contributed by atoms with van der Waals surface area (Å²) in [6, 6.07) is 10.4. The molecule has 0 atom stereocenters. The number of carbonyl (C=O) groups is 2. The first-order valence-corrected chi connectivity index (χ1v) is 18.5. The number of hydrogen-bond acceptors (Lipinski definition) is 8. The van der Waals surface area contributed by atoms with Gasteiger partial charge in [0, 0.05) is 54.6 Å². The summed E-state index contributed by atoms with van der Waals surface area (Å²) in [6.45, 7) is 7.49. The molecule has 3 aromatic rings. The van der Waals surface area contributed by atoms with Gasteiger partial charge < -0.3 is 19.8 Å². The average molecular weight is 724 g/mol. The van der Waals surface area contributed by atoms with E-state index in [0.29, 0.717) is 49.7 Å². The predicted octanol–water partition coefficient (Wildman–Crippen LogP) is 3.12. The van der Waals surface area contributed by atoms with Crippen LogP contribution < -0.4 is 24.8 Å². The lowest BCUT2D eigenvalue weighted by molar-refractivity contribution is 0.0695. The van der Waals surface area contributed by atoms with Crippen LogP contribution in [0.25, 0.3) is 16.7 Å². The molecular weight excluding hydrogens is 689 g/mol. The average Bonchev–Trinajstić information content (AvgIpc) is 2.98. The van der Waals surface area contributed by atoms with Crippen molar-refractivity contribution in [2.45, 2.75) is 38.8 Å². The van der Waals surface area contributed by atoms with Crippen LogP contribution >= 0.6 is 0 Å². The quantitative estimate of drug-likeness (QED) is 0.161.